The van der Waals surface area contributed by atoms with Crippen LogP contribution in [0.2, 0.25) is 5.02 Å². The van der Waals surface area contributed by atoms with Gasteiger partial charge in [-0.05, 0) is 30.2 Å². The monoisotopic (exact) mass is 352 g/mol. The molecule has 0 saturated carbocycles. The molecule has 1 amide bonds. The number of nitrogens with one attached hydrogen (secondary N) is 2. The van der Waals surface area contributed by atoms with Gasteiger partial charge in [0.05, 0.1) is 0 Å². The van der Waals surface area contributed by atoms with Crippen molar-refractivity contribution in [3.63, 3.8) is 0 Å². The molecule has 0 spiro atoms. The van der Waals surface area contributed by atoms with E-state index in [2.05, 4.69) is 20.6 Å². The van der Waals surface area contributed by atoms with Gasteiger partial charge in [-0.15, -0.1) is 0 Å². The first-order chi connectivity index (χ1) is 12.1. The third-order valence-corrected chi connectivity index (χ3v) is 3.89. The van der Waals surface area contributed by atoms with Crippen LogP contribution in [0.3, 0.4) is 0 Å². The molecule has 0 aliphatic rings. The highest BCUT2D eigenvalue weighted by Crippen LogP contribution is 2.23. The summed E-state index contributed by atoms with van der Waals surface area (Å²) >= 11 is 6.03. The predicted molar refractivity (Wildman–Crippen MR) is 99.1 cm³/mol. The number of amides is 1. The van der Waals surface area contributed by atoms with E-state index in [1.807, 2.05) is 55.5 Å². The van der Waals surface area contributed by atoms with Crippen molar-refractivity contribution in [1.29, 1.82) is 0 Å². The number of anilines is 2. The molecule has 6 heteroatoms. The van der Waals surface area contributed by atoms with E-state index in [1.165, 1.54) is 6.33 Å². The van der Waals surface area contributed by atoms with Crippen LogP contribution < -0.4 is 10.6 Å². The largest absolute Gasteiger partial charge is 0.347 e. The molecule has 0 radical (unpaired) electrons. The van der Waals surface area contributed by atoms with Crippen molar-refractivity contribution in [2.24, 2.45) is 0 Å². The minimum absolute atomic E-state index is 0.253. The van der Waals surface area contributed by atoms with Gasteiger partial charge in [0.15, 0.2) is 0 Å². The Bertz CT molecular complexity index is 884. The first-order valence-corrected chi connectivity index (χ1v) is 8.17. The average molecular weight is 353 g/mol. The third kappa shape index (κ3) is 4.55. The molecular formula is C19H17ClN4O. The van der Waals surface area contributed by atoms with Crippen LogP contribution in [0.15, 0.2) is 60.9 Å². The number of hydrogen-bond donors (Lipinski definition) is 2. The van der Waals surface area contributed by atoms with Gasteiger partial charge < -0.3 is 10.6 Å². The lowest BCUT2D eigenvalue weighted by Gasteiger charge is -2.10. The molecule has 3 rings (SSSR count). The number of rotatable bonds is 5. The Kier molecular flexibility index (Phi) is 5.26. The minimum atomic E-state index is -0.253. The number of aryl methyl sites for hydroxylation is 1. The molecule has 2 aromatic carbocycles. The van der Waals surface area contributed by atoms with Crippen molar-refractivity contribution in [3.8, 4) is 0 Å². The summed E-state index contributed by atoms with van der Waals surface area (Å²) in [5.74, 6) is 0.280. The van der Waals surface area contributed by atoms with Gasteiger partial charge in [0.1, 0.15) is 17.8 Å². The fourth-order valence-corrected chi connectivity index (χ4v) is 2.46. The van der Waals surface area contributed by atoms with Gasteiger partial charge in [-0.1, -0.05) is 48.0 Å². The maximum atomic E-state index is 12.3. The summed E-state index contributed by atoms with van der Waals surface area (Å²) in [6, 6.07) is 16.9. The number of hydrogen-bond acceptors (Lipinski definition) is 4. The highest BCUT2D eigenvalue weighted by molar-refractivity contribution is 6.30. The maximum absolute atomic E-state index is 12.3. The quantitative estimate of drug-likeness (QED) is 0.725. The van der Waals surface area contributed by atoms with Crippen molar-refractivity contribution in [2.45, 2.75) is 13.5 Å². The molecule has 126 valence electrons. The SMILES string of the molecule is Cc1ccc(Cl)cc1Nc1cc(C(=O)NCc2ccccc2)ncn1. The van der Waals surface area contributed by atoms with E-state index < -0.39 is 0 Å². The van der Waals surface area contributed by atoms with Crippen LogP contribution in [-0.4, -0.2) is 15.9 Å². The Morgan fingerprint density at radius 1 is 1.08 bits per heavy atom. The van der Waals surface area contributed by atoms with Crippen LogP contribution in [0.4, 0.5) is 11.5 Å². The van der Waals surface area contributed by atoms with Gasteiger partial charge in [0.2, 0.25) is 0 Å². The molecule has 0 unspecified atom stereocenters. The highest BCUT2D eigenvalue weighted by atomic mass is 35.5. The summed E-state index contributed by atoms with van der Waals surface area (Å²) < 4.78 is 0. The van der Waals surface area contributed by atoms with E-state index in [9.17, 15) is 4.79 Å². The summed E-state index contributed by atoms with van der Waals surface area (Å²) in [4.78, 5) is 20.5. The molecule has 0 bridgehead atoms. The maximum Gasteiger partial charge on any atom is 0.270 e. The number of nitrogens with zero attached hydrogens (tertiary/aromatic N) is 2. The standard InChI is InChI=1S/C19H17ClN4O/c1-13-7-8-15(20)9-16(13)24-18-10-17(22-12-23-18)19(25)21-11-14-5-3-2-4-6-14/h2-10,12H,11H2,1H3,(H,21,25)(H,22,23,24). The fourth-order valence-electron chi connectivity index (χ4n) is 2.29. The summed E-state index contributed by atoms with van der Waals surface area (Å²) in [5, 5.41) is 6.64. The summed E-state index contributed by atoms with van der Waals surface area (Å²) in [5.41, 5.74) is 3.19. The Labute approximate surface area is 151 Å². The van der Waals surface area contributed by atoms with Crippen LogP contribution in [-0.2, 0) is 6.54 Å². The van der Waals surface area contributed by atoms with Gasteiger partial charge in [-0.2, -0.15) is 0 Å². The topological polar surface area (TPSA) is 66.9 Å². The van der Waals surface area contributed by atoms with Gasteiger partial charge in [0, 0.05) is 23.3 Å². The van der Waals surface area contributed by atoms with Gasteiger partial charge >= 0.3 is 0 Å². The molecule has 5 nitrogen and oxygen atoms in total. The van der Waals surface area contributed by atoms with Gasteiger partial charge in [-0.3, -0.25) is 4.79 Å². The zero-order valence-corrected chi connectivity index (χ0v) is 14.4. The van der Waals surface area contributed by atoms with Crippen LogP contribution in [0.5, 0.6) is 0 Å². The number of carbonyl (C=O) groups is 1. The second-order valence-electron chi connectivity index (χ2n) is 5.54. The van der Waals surface area contributed by atoms with Crippen LogP contribution >= 0.6 is 11.6 Å². The van der Waals surface area contributed by atoms with Crippen LogP contribution in [0.25, 0.3) is 0 Å². The molecule has 0 aliphatic heterocycles. The van der Waals surface area contributed by atoms with Crippen molar-refractivity contribution in [3.05, 3.63) is 82.8 Å². The highest BCUT2D eigenvalue weighted by Gasteiger charge is 2.09. The molecular weight excluding hydrogens is 336 g/mol. The normalized spacial score (nSPS) is 10.3. The number of benzene rings is 2. The predicted octanol–water partition coefficient (Wildman–Crippen LogP) is 4.11. The lowest BCUT2D eigenvalue weighted by atomic mass is 10.2. The van der Waals surface area contributed by atoms with Crippen molar-refractivity contribution < 1.29 is 4.79 Å². The summed E-state index contributed by atoms with van der Waals surface area (Å²) in [6.07, 6.45) is 1.36. The van der Waals surface area contributed by atoms with Gasteiger partial charge in [0.25, 0.3) is 5.91 Å². The Morgan fingerprint density at radius 2 is 1.88 bits per heavy atom. The van der Waals surface area contributed by atoms with E-state index in [4.69, 9.17) is 11.6 Å². The van der Waals surface area contributed by atoms with E-state index in [1.54, 1.807) is 6.07 Å². The fraction of sp³-hybridized carbons (Fsp3) is 0.105. The molecule has 0 fully saturated rings. The molecule has 0 aliphatic carbocycles. The molecule has 3 aromatic rings. The summed E-state index contributed by atoms with van der Waals surface area (Å²) in [6.45, 7) is 2.41. The van der Waals surface area contributed by atoms with Crippen LogP contribution in [0, 0.1) is 6.92 Å². The lowest BCUT2D eigenvalue weighted by Crippen LogP contribution is -2.24. The number of carbonyl (C=O) groups excluding carboxylic acids is 1. The number of aromatic nitrogens is 2. The second-order valence-corrected chi connectivity index (χ2v) is 5.98. The van der Waals surface area contributed by atoms with Crippen LogP contribution in [0.1, 0.15) is 21.6 Å². The first kappa shape index (κ1) is 16.9. The van der Waals surface area contributed by atoms with E-state index >= 15 is 0 Å². The molecule has 0 saturated heterocycles. The zero-order chi connectivity index (χ0) is 17.6. The first-order valence-electron chi connectivity index (χ1n) is 7.79. The van der Waals surface area contributed by atoms with Crippen molar-refractivity contribution in [2.75, 3.05) is 5.32 Å². The Hall–Kier alpha value is -2.92. The number of halogens is 1. The van der Waals surface area contributed by atoms with Gasteiger partial charge in [-0.25, -0.2) is 9.97 Å². The molecule has 0 atom stereocenters. The zero-order valence-electron chi connectivity index (χ0n) is 13.7. The van der Waals surface area contributed by atoms with Crippen molar-refractivity contribution >= 4 is 29.0 Å². The Balaban J connectivity index is 1.70. The smallest absolute Gasteiger partial charge is 0.270 e. The average Bonchev–Trinajstić information content (AvgIpc) is 2.64. The minimum Gasteiger partial charge on any atom is -0.347 e. The summed E-state index contributed by atoms with van der Waals surface area (Å²) in [7, 11) is 0. The molecule has 1 aromatic heterocycles. The van der Waals surface area contributed by atoms with E-state index in [0.717, 1.165) is 16.8 Å². The van der Waals surface area contributed by atoms with Crippen molar-refractivity contribution in [1.82, 2.24) is 15.3 Å². The molecule has 1 heterocycles. The molecule has 25 heavy (non-hydrogen) atoms. The van der Waals surface area contributed by atoms with E-state index in [0.29, 0.717) is 23.1 Å². The Morgan fingerprint density at radius 3 is 2.68 bits per heavy atom. The lowest BCUT2D eigenvalue weighted by molar-refractivity contribution is 0.0946. The molecule has 2 N–H and O–H groups in total. The third-order valence-electron chi connectivity index (χ3n) is 3.66. The second kappa shape index (κ2) is 7.77. The van der Waals surface area contributed by atoms with E-state index in [-0.39, 0.29) is 5.91 Å².